The van der Waals surface area contributed by atoms with E-state index in [-0.39, 0.29) is 23.4 Å². The summed E-state index contributed by atoms with van der Waals surface area (Å²) in [5.74, 6) is -0.165. The number of rotatable bonds is 6. The fourth-order valence-electron chi connectivity index (χ4n) is 4.10. The van der Waals surface area contributed by atoms with Crippen LogP contribution >= 0.6 is 11.3 Å². The van der Waals surface area contributed by atoms with Gasteiger partial charge in [-0.25, -0.2) is 12.7 Å². The third kappa shape index (κ3) is 4.49. The van der Waals surface area contributed by atoms with Gasteiger partial charge in [0.15, 0.2) is 0 Å². The Hall–Kier alpha value is -2.52. The van der Waals surface area contributed by atoms with Crippen LogP contribution in [0.2, 0.25) is 0 Å². The van der Waals surface area contributed by atoms with E-state index in [0.717, 1.165) is 18.5 Å². The number of nitrogens with one attached hydrogen (secondary N) is 1. The Kier molecular flexibility index (Phi) is 6.48. The van der Waals surface area contributed by atoms with Crippen LogP contribution in [0.5, 0.6) is 0 Å². The Balaban J connectivity index is 1.55. The summed E-state index contributed by atoms with van der Waals surface area (Å²) in [5.41, 5.74) is 3.54. The molecule has 32 heavy (non-hydrogen) atoms. The van der Waals surface area contributed by atoms with Crippen molar-refractivity contribution < 1.29 is 13.2 Å². The normalized spacial score (nSPS) is 16.7. The van der Waals surface area contributed by atoms with E-state index in [9.17, 15) is 13.2 Å². The van der Waals surface area contributed by atoms with Crippen molar-refractivity contribution in [1.29, 1.82) is 0 Å². The Morgan fingerprint density at radius 3 is 2.62 bits per heavy atom. The molecule has 1 aliphatic heterocycles. The molecule has 2 heterocycles. The van der Waals surface area contributed by atoms with E-state index in [1.165, 1.54) is 34.9 Å². The van der Waals surface area contributed by atoms with E-state index in [0.29, 0.717) is 11.3 Å². The smallest absolute Gasteiger partial charge is 0.242 e. The molecule has 0 spiro atoms. The third-order valence-corrected chi connectivity index (χ3v) is 8.71. The maximum atomic E-state index is 13.0. The summed E-state index contributed by atoms with van der Waals surface area (Å²) in [6.07, 6.45) is 0.916. The van der Waals surface area contributed by atoms with Gasteiger partial charge in [0.1, 0.15) is 0 Å². The van der Waals surface area contributed by atoms with E-state index in [1.54, 1.807) is 30.4 Å². The summed E-state index contributed by atoms with van der Waals surface area (Å²) in [4.78, 5) is 16.7. The SMILES string of the molecule is Cc1ccc(NC(=O)CN2CCc3sccc3C2c2ccccc2)cc1S(=O)(=O)N(C)C. The first kappa shape index (κ1) is 22.7. The molecule has 8 heteroatoms. The fourth-order valence-corrected chi connectivity index (χ4v) is 6.15. The number of fused-ring (bicyclic) bond motifs is 1. The highest BCUT2D eigenvalue weighted by Crippen LogP contribution is 2.37. The molecule has 4 rings (SSSR count). The first-order valence-electron chi connectivity index (χ1n) is 10.5. The highest BCUT2D eigenvalue weighted by molar-refractivity contribution is 7.89. The lowest BCUT2D eigenvalue weighted by Crippen LogP contribution is -2.40. The molecule has 1 aromatic heterocycles. The molecule has 2 aromatic carbocycles. The van der Waals surface area contributed by atoms with Crippen molar-refractivity contribution in [3.8, 4) is 0 Å². The molecule has 0 aliphatic carbocycles. The van der Waals surface area contributed by atoms with Gasteiger partial charge in [-0.3, -0.25) is 9.69 Å². The summed E-state index contributed by atoms with van der Waals surface area (Å²) in [6, 6.07) is 17.4. The summed E-state index contributed by atoms with van der Waals surface area (Å²) in [6.45, 7) is 2.76. The summed E-state index contributed by atoms with van der Waals surface area (Å²) in [5, 5.41) is 5.01. The summed E-state index contributed by atoms with van der Waals surface area (Å²) >= 11 is 1.77. The first-order valence-corrected chi connectivity index (χ1v) is 12.8. The molecule has 0 fully saturated rings. The van der Waals surface area contributed by atoms with Crippen LogP contribution in [0, 0.1) is 6.92 Å². The van der Waals surface area contributed by atoms with Crippen molar-refractivity contribution in [3.63, 3.8) is 0 Å². The molecule has 0 saturated carbocycles. The highest BCUT2D eigenvalue weighted by atomic mass is 32.2. The molecule has 3 aromatic rings. The lowest BCUT2D eigenvalue weighted by atomic mass is 9.93. The summed E-state index contributed by atoms with van der Waals surface area (Å²) < 4.78 is 26.4. The van der Waals surface area contributed by atoms with Crippen molar-refractivity contribution in [2.75, 3.05) is 32.5 Å². The first-order chi connectivity index (χ1) is 15.3. The number of hydrogen-bond acceptors (Lipinski definition) is 5. The van der Waals surface area contributed by atoms with Crippen LogP contribution in [-0.4, -0.2) is 50.7 Å². The Morgan fingerprint density at radius 2 is 1.91 bits per heavy atom. The second-order valence-corrected chi connectivity index (χ2v) is 11.3. The quantitative estimate of drug-likeness (QED) is 0.595. The van der Waals surface area contributed by atoms with Crippen LogP contribution < -0.4 is 5.32 Å². The Bertz CT molecular complexity index is 1220. The standard InChI is InChI=1S/C24H27N3O3S2/c1-17-9-10-19(15-22(17)32(29,30)26(2)3)25-23(28)16-27-13-11-21-20(12-14-31-21)24(27)18-7-5-4-6-8-18/h4-10,12,14-15,24H,11,13,16H2,1-3H3,(H,25,28). The van der Waals surface area contributed by atoms with E-state index in [4.69, 9.17) is 0 Å². The Morgan fingerprint density at radius 1 is 1.16 bits per heavy atom. The predicted octanol–water partition coefficient (Wildman–Crippen LogP) is 3.89. The molecule has 1 N–H and O–H groups in total. The van der Waals surface area contributed by atoms with E-state index in [2.05, 4.69) is 33.8 Å². The number of nitrogens with zero attached hydrogens (tertiary/aromatic N) is 2. The van der Waals surface area contributed by atoms with Crippen molar-refractivity contribution in [2.45, 2.75) is 24.3 Å². The average molecular weight is 470 g/mol. The van der Waals surface area contributed by atoms with Gasteiger partial charge < -0.3 is 5.32 Å². The minimum absolute atomic E-state index is 0.0275. The second-order valence-electron chi connectivity index (χ2n) is 8.15. The zero-order valence-corrected chi connectivity index (χ0v) is 20.0. The van der Waals surface area contributed by atoms with Crippen molar-refractivity contribution in [1.82, 2.24) is 9.21 Å². The minimum atomic E-state index is -3.59. The minimum Gasteiger partial charge on any atom is -0.325 e. The van der Waals surface area contributed by atoms with Gasteiger partial charge >= 0.3 is 0 Å². The lowest BCUT2D eigenvalue weighted by molar-refractivity contribution is -0.117. The van der Waals surface area contributed by atoms with Gasteiger partial charge in [0.2, 0.25) is 15.9 Å². The monoisotopic (exact) mass is 469 g/mol. The molecular formula is C24H27N3O3S2. The number of amides is 1. The largest absolute Gasteiger partial charge is 0.325 e. The van der Waals surface area contributed by atoms with Gasteiger partial charge in [-0.15, -0.1) is 11.3 Å². The number of hydrogen-bond donors (Lipinski definition) is 1. The molecule has 0 saturated heterocycles. The van der Waals surface area contributed by atoms with Crippen LogP contribution in [0.15, 0.2) is 64.9 Å². The third-order valence-electron chi connectivity index (χ3n) is 5.76. The molecule has 0 bridgehead atoms. The molecule has 168 valence electrons. The Labute approximate surface area is 193 Å². The topological polar surface area (TPSA) is 69.7 Å². The van der Waals surface area contributed by atoms with Crippen molar-refractivity contribution in [3.05, 3.63) is 81.5 Å². The maximum Gasteiger partial charge on any atom is 0.242 e. The molecule has 1 amide bonds. The number of thiophene rings is 1. The number of carbonyl (C=O) groups excluding carboxylic acids is 1. The molecule has 0 radical (unpaired) electrons. The van der Waals surface area contributed by atoms with Gasteiger partial charge in [0, 0.05) is 31.2 Å². The van der Waals surface area contributed by atoms with Gasteiger partial charge in [-0.1, -0.05) is 36.4 Å². The van der Waals surface area contributed by atoms with Crippen molar-refractivity contribution >= 4 is 33.0 Å². The van der Waals surface area contributed by atoms with Crippen LogP contribution in [-0.2, 0) is 21.2 Å². The van der Waals surface area contributed by atoms with Gasteiger partial charge in [0.05, 0.1) is 17.5 Å². The van der Waals surface area contributed by atoms with E-state index >= 15 is 0 Å². The van der Waals surface area contributed by atoms with Crippen LogP contribution in [0.1, 0.15) is 27.6 Å². The highest BCUT2D eigenvalue weighted by Gasteiger charge is 2.31. The number of sulfonamides is 1. The number of anilines is 1. The number of aryl methyl sites for hydroxylation is 1. The molecule has 1 aliphatic rings. The second kappa shape index (κ2) is 9.15. The maximum absolute atomic E-state index is 13.0. The van der Waals surface area contributed by atoms with Crippen LogP contribution in [0.4, 0.5) is 5.69 Å². The van der Waals surface area contributed by atoms with E-state index < -0.39 is 10.0 Å². The number of carbonyl (C=O) groups is 1. The van der Waals surface area contributed by atoms with Crippen LogP contribution in [0.3, 0.4) is 0 Å². The lowest BCUT2D eigenvalue weighted by Gasteiger charge is -2.35. The average Bonchev–Trinajstić information content (AvgIpc) is 3.24. The van der Waals surface area contributed by atoms with Gasteiger partial charge in [0.25, 0.3) is 0 Å². The number of benzene rings is 2. The molecule has 1 atom stereocenters. The molecular weight excluding hydrogens is 442 g/mol. The molecule has 6 nitrogen and oxygen atoms in total. The predicted molar refractivity (Wildman–Crippen MR) is 129 cm³/mol. The summed E-state index contributed by atoms with van der Waals surface area (Å²) in [7, 11) is -0.595. The van der Waals surface area contributed by atoms with E-state index in [1.807, 2.05) is 18.2 Å². The van der Waals surface area contributed by atoms with Crippen molar-refractivity contribution in [2.24, 2.45) is 0 Å². The molecule has 1 unspecified atom stereocenters. The zero-order valence-electron chi connectivity index (χ0n) is 18.4. The fraction of sp³-hybridized carbons (Fsp3) is 0.292. The zero-order chi connectivity index (χ0) is 22.9. The van der Waals surface area contributed by atoms with Gasteiger partial charge in [-0.05, 0) is 53.6 Å². The van der Waals surface area contributed by atoms with Gasteiger partial charge in [-0.2, -0.15) is 0 Å². The van der Waals surface area contributed by atoms with Crippen LogP contribution in [0.25, 0.3) is 0 Å².